The van der Waals surface area contributed by atoms with E-state index in [2.05, 4.69) is 15.4 Å². The second-order valence-corrected chi connectivity index (χ2v) is 6.97. The molecule has 0 aliphatic rings. The minimum Gasteiger partial charge on any atom is -0.300 e. The summed E-state index contributed by atoms with van der Waals surface area (Å²) < 4.78 is 15.4. The van der Waals surface area contributed by atoms with Gasteiger partial charge in [-0.3, -0.25) is 9.20 Å². The molecule has 0 unspecified atom stereocenters. The Morgan fingerprint density at radius 1 is 1.19 bits per heavy atom. The molecule has 4 aromatic rings. The van der Waals surface area contributed by atoms with Gasteiger partial charge in [0.2, 0.25) is 5.91 Å². The van der Waals surface area contributed by atoms with Gasteiger partial charge in [-0.25, -0.2) is 18.9 Å². The number of rotatable bonds is 5. The van der Waals surface area contributed by atoms with Crippen molar-refractivity contribution >= 4 is 28.0 Å². The van der Waals surface area contributed by atoms with Gasteiger partial charge in [0.05, 0.1) is 0 Å². The Bertz CT molecular complexity index is 1160. The van der Waals surface area contributed by atoms with Crippen molar-refractivity contribution < 1.29 is 9.18 Å². The fraction of sp³-hybridized carbons (Fsp3) is 0.111. The van der Waals surface area contributed by atoms with Crippen molar-refractivity contribution in [2.75, 3.05) is 5.32 Å². The molecule has 3 heterocycles. The lowest BCUT2D eigenvalue weighted by molar-refractivity contribution is -0.117. The van der Waals surface area contributed by atoms with E-state index in [9.17, 15) is 14.0 Å². The molecular weight excluding hydrogens is 369 g/mol. The molecule has 0 atom stereocenters. The number of carbonyl (C=O) groups excluding carboxylic acids is 1. The summed E-state index contributed by atoms with van der Waals surface area (Å²) in [4.78, 5) is 29.5. The number of nitrogens with zero attached hydrogens (tertiary/aromatic N) is 4. The lowest BCUT2D eigenvalue weighted by atomic mass is 10.1. The normalized spacial score (nSPS) is 11.0. The van der Waals surface area contributed by atoms with Crippen molar-refractivity contribution in [1.82, 2.24) is 19.2 Å². The maximum atomic E-state index is 13.0. The van der Waals surface area contributed by atoms with E-state index in [0.29, 0.717) is 17.2 Å². The first-order valence-electron chi connectivity index (χ1n) is 8.12. The Balaban J connectivity index is 1.42. The Hall–Kier alpha value is -3.33. The van der Waals surface area contributed by atoms with Crippen LogP contribution in [0.5, 0.6) is 0 Å². The Morgan fingerprint density at radius 2 is 2.00 bits per heavy atom. The standard InChI is InChI=1S/C18H14FN5O2S/c19-13-6-4-12(5-7-13)9-14-10-20-17(27-14)21-16(25)11-24-18(26)23-8-2-1-3-15(23)22-24/h1-8,10H,9,11H2,(H,20,21,25). The molecule has 4 rings (SSSR count). The molecule has 0 spiro atoms. The number of hydrogen-bond acceptors (Lipinski definition) is 5. The first kappa shape index (κ1) is 17.1. The van der Waals surface area contributed by atoms with Crippen molar-refractivity contribution in [3.63, 3.8) is 0 Å². The van der Waals surface area contributed by atoms with Crippen molar-refractivity contribution in [3.05, 3.63) is 81.6 Å². The second-order valence-electron chi connectivity index (χ2n) is 5.85. The number of fused-ring (bicyclic) bond motifs is 1. The van der Waals surface area contributed by atoms with Crippen molar-refractivity contribution in [1.29, 1.82) is 0 Å². The predicted molar refractivity (Wildman–Crippen MR) is 99.4 cm³/mol. The van der Waals surface area contributed by atoms with Crippen LogP contribution < -0.4 is 11.0 Å². The summed E-state index contributed by atoms with van der Waals surface area (Å²) >= 11 is 1.33. The van der Waals surface area contributed by atoms with Gasteiger partial charge < -0.3 is 5.32 Å². The fourth-order valence-corrected chi connectivity index (χ4v) is 3.48. The number of pyridine rings is 1. The highest BCUT2D eigenvalue weighted by Gasteiger charge is 2.12. The number of amides is 1. The molecule has 0 aliphatic heterocycles. The molecule has 27 heavy (non-hydrogen) atoms. The van der Waals surface area contributed by atoms with Crippen LogP contribution >= 0.6 is 11.3 Å². The first-order chi connectivity index (χ1) is 13.1. The van der Waals surface area contributed by atoms with E-state index in [1.807, 2.05) is 0 Å². The van der Waals surface area contributed by atoms with E-state index < -0.39 is 0 Å². The van der Waals surface area contributed by atoms with Crippen molar-refractivity contribution in [2.45, 2.75) is 13.0 Å². The second kappa shape index (κ2) is 7.12. The molecule has 0 saturated heterocycles. The van der Waals surface area contributed by atoms with Crippen LogP contribution in [0.25, 0.3) is 5.65 Å². The van der Waals surface area contributed by atoms with Crippen molar-refractivity contribution in [3.8, 4) is 0 Å². The summed E-state index contributed by atoms with van der Waals surface area (Å²) in [5.74, 6) is -0.665. The molecular formula is C18H14FN5O2S. The van der Waals surface area contributed by atoms with Gasteiger partial charge >= 0.3 is 5.69 Å². The molecule has 0 radical (unpaired) electrons. The number of thiazole rings is 1. The van der Waals surface area contributed by atoms with Crippen LogP contribution in [0.1, 0.15) is 10.4 Å². The molecule has 7 nitrogen and oxygen atoms in total. The lowest BCUT2D eigenvalue weighted by Gasteiger charge is -2.00. The summed E-state index contributed by atoms with van der Waals surface area (Å²) in [5, 5.41) is 7.24. The van der Waals surface area contributed by atoms with Crippen molar-refractivity contribution in [2.24, 2.45) is 0 Å². The number of anilines is 1. The highest BCUT2D eigenvalue weighted by molar-refractivity contribution is 7.15. The molecule has 0 saturated carbocycles. The maximum Gasteiger partial charge on any atom is 0.350 e. The SMILES string of the molecule is O=C(Cn1nc2ccccn2c1=O)Nc1ncc(Cc2ccc(F)cc2)s1. The number of aromatic nitrogens is 4. The van der Waals surface area contributed by atoms with Crippen LogP contribution in [0.4, 0.5) is 9.52 Å². The average Bonchev–Trinajstić information content (AvgIpc) is 3.22. The minimum absolute atomic E-state index is 0.201. The molecule has 136 valence electrons. The van der Waals surface area contributed by atoms with Crippen LogP contribution in [-0.4, -0.2) is 25.1 Å². The van der Waals surface area contributed by atoms with Gasteiger partial charge in [-0.15, -0.1) is 16.4 Å². The summed E-state index contributed by atoms with van der Waals surface area (Å²) in [7, 11) is 0. The topological polar surface area (TPSA) is 81.3 Å². The zero-order valence-corrected chi connectivity index (χ0v) is 14.8. The summed E-state index contributed by atoms with van der Waals surface area (Å²) in [5.41, 5.74) is 1.05. The molecule has 1 amide bonds. The average molecular weight is 383 g/mol. The third-order valence-corrected chi connectivity index (χ3v) is 4.79. The molecule has 9 heteroatoms. The van der Waals surface area contributed by atoms with Gasteiger partial charge in [-0.1, -0.05) is 18.2 Å². The van der Waals surface area contributed by atoms with Gasteiger partial charge in [0, 0.05) is 23.7 Å². The summed E-state index contributed by atoms with van der Waals surface area (Å²) in [6.45, 7) is -0.201. The van der Waals surface area contributed by atoms with Gasteiger partial charge in [0.15, 0.2) is 10.8 Å². The molecule has 0 fully saturated rings. The van der Waals surface area contributed by atoms with E-state index in [1.165, 1.54) is 27.9 Å². The van der Waals surface area contributed by atoms with E-state index in [4.69, 9.17) is 0 Å². The summed E-state index contributed by atoms with van der Waals surface area (Å²) in [6.07, 6.45) is 3.86. The number of halogens is 1. The van der Waals surface area contributed by atoms with E-state index in [-0.39, 0.29) is 24.0 Å². The third kappa shape index (κ3) is 3.77. The van der Waals surface area contributed by atoms with Gasteiger partial charge in [0.25, 0.3) is 0 Å². The Kier molecular flexibility index (Phi) is 4.51. The molecule has 0 aliphatic carbocycles. The molecule has 1 N–H and O–H groups in total. The van der Waals surface area contributed by atoms with Crippen LogP contribution in [-0.2, 0) is 17.8 Å². The van der Waals surface area contributed by atoms with Crippen LogP contribution in [0, 0.1) is 5.82 Å². The van der Waals surface area contributed by atoms with Crippen LogP contribution in [0.2, 0.25) is 0 Å². The minimum atomic E-state index is -0.386. The van der Waals surface area contributed by atoms with Crippen LogP contribution in [0.3, 0.4) is 0 Å². The number of benzene rings is 1. The van der Waals surface area contributed by atoms with E-state index in [1.54, 1.807) is 42.7 Å². The summed E-state index contributed by atoms with van der Waals surface area (Å²) in [6, 6.07) is 11.4. The first-order valence-corrected chi connectivity index (χ1v) is 8.93. The van der Waals surface area contributed by atoms with Gasteiger partial charge in [0.1, 0.15) is 12.4 Å². The quantitative estimate of drug-likeness (QED) is 0.574. The maximum absolute atomic E-state index is 13.0. The zero-order valence-electron chi connectivity index (χ0n) is 14.0. The van der Waals surface area contributed by atoms with Gasteiger partial charge in [-0.05, 0) is 29.8 Å². The predicted octanol–water partition coefficient (Wildman–Crippen LogP) is 2.32. The monoisotopic (exact) mass is 383 g/mol. The largest absolute Gasteiger partial charge is 0.350 e. The highest BCUT2D eigenvalue weighted by Crippen LogP contribution is 2.21. The zero-order chi connectivity index (χ0) is 18.8. The smallest absolute Gasteiger partial charge is 0.300 e. The molecule has 3 aromatic heterocycles. The van der Waals surface area contributed by atoms with E-state index in [0.717, 1.165) is 15.1 Å². The number of nitrogens with one attached hydrogen (secondary N) is 1. The van der Waals surface area contributed by atoms with Gasteiger partial charge in [-0.2, -0.15) is 0 Å². The Labute approximate surface area is 156 Å². The third-order valence-electron chi connectivity index (χ3n) is 3.87. The van der Waals surface area contributed by atoms with Crippen LogP contribution in [0.15, 0.2) is 59.7 Å². The molecule has 0 bridgehead atoms. The highest BCUT2D eigenvalue weighted by atomic mass is 32.1. The number of carbonyl (C=O) groups is 1. The Morgan fingerprint density at radius 3 is 2.78 bits per heavy atom. The fourth-order valence-electron chi connectivity index (χ4n) is 2.62. The van der Waals surface area contributed by atoms with E-state index >= 15 is 0 Å². The lowest BCUT2D eigenvalue weighted by Crippen LogP contribution is -2.28. The molecule has 1 aromatic carbocycles. The number of hydrogen-bond donors (Lipinski definition) is 1.